The zero-order valence-corrected chi connectivity index (χ0v) is 37.2. The van der Waals surface area contributed by atoms with Crippen LogP contribution in [0.25, 0.3) is 34.2 Å². The van der Waals surface area contributed by atoms with Crippen molar-refractivity contribution in [3.05, 3.63) is 268 Å². The van der Waals surface area contributed by atoms with Crippen LogP contribution in [0.4, 0.5) is 0 Å². The molecule has 0 radical (unpaired) electrons. The van der Waals surface area contributed by atoms with Crippen molar-refractivity contribution in [1.29, 1.82) is 0 Å². The van der Waals surface area contributed by atoms with Crippen molar-refractivity contribution < 1.29 is 0 Å². The maximum atomic E-state index is 5.39. The third kappa shape index (κ3) is 7.59. The Morgan fingerprint density at radius 1 is 0.206 bits per heavy atom. The van der Waals surface area contributed by atoms with Crippen molar-refractivity contribution in [1.82, 2.24) is 15.0 Å². The summed E-state index contributed by atoms with van der Waals surface area (Å²) < 4.78 is 0. The number of aromatic nitrogens is 3. The van der Waals surface area contributed by atoms with Crippen LogP contribution in [0.2, 0.25) is 0 Å². The van der Waals surface area contributed by atoms with E-state index in [-0.39, 0.29) is 7.43 Å². The van der Waals surface area contributed by atoms with Crippen molar-refractivity contribution in [2.24, 2.45) is 0 Å². The summed E-state index contributed by atoms with van der Waals surface area (Å²) in [6.07, 6.45) is 0. The standard InChI is InChI=1S/C57H43N3Si2.CH3/c1-8-24-44(25-9-1)55-58-56(45-26-22-40-53(42-45)61(47-28-10-2-11-29-47,48-30-12-3-13-31-48)49-32-14-4-15-33-49)60-57(59-55)46-27-23-41-54(43-46)62(50-34-16-5-17-35-50,51-36-18-6-19-37-51)52-38-20-7-21-39-52;/h1-43H;1H3/q;-1. The van der Waals surface area contributed by atoms with Crippen LogP contribution < -0.4 is 41.5 Å². The Balaban J connectivity index is 0.00000504. The van der Waals surface area contributed by atoms with Crippen LogP contribution >= 0.6 is 0 Å². The first-order valence-electron chi connectivity index (χ1n) is 21.1. The summed E-state index contributed by atoms with van der Waals surface area (Å²) in [6, 6.07) is 94.3. The van der Waals surface area contributed by atoms with E-state index in [9.17, 15) is 0 Å². The highest BCUT2D eigenvalue weighted by Gasteiger charge is 2.43. The topological polar surface area (TPSA) is 38.7 Å². The molecule has 0 fully saturated rings. The summed E-state index contributed by atoms with van der Waals surface area (Å²) in [4.78, 5) is 15.9. The van der Waals surface area contributed by atoms with Gasteiger partial charge in [0, 0.05) is 16.7 Å². The Morgan fingerprint density at radius 2 is 0.413 bits per heavy atom. The number of benzene rings is 9. The second kappa shape index (κ2) is 18.2. The lowest BCUT2D eigenvalue weighted by Gasteiger charge is -2.34. The van der Waals surface area contributed by atoms with Crippen molar-refractivity contribution in [3.63, 3.8) is 0 Å². The van der Waals surface area contributed by atoms with E-state index in [1.165, 1.54) is 41.5 Å². The van der Waals surface area contributed by atoms with E-state index in [0.717, 1.165) is 16.7 Å². The molecule has 0 N–H and O–H groups in total. The highest BCUT2D eigenvalue weighted by molar-refractivity contribution is 7.20. The van der Waals surface area contributed by atoms with Gasteiger partial charge in [0.05, 0.1) is 0 Å². The fourth-order valence-corrected chi connectivity index (χ4v) is 18.9. The van der Waals surface area contributed by atoms with Gasteiger partial charge >= 0.3 is 0 Å². The third-order valence-electron chi connectivity index (χ3n) is 12.0. The number of nitrogens with zero attached hydrogens (tertiary/aromatic N) is 3. The molecule has 5 heteroatoms. The normalized spacial score (nSPS) is 11.4. The first-order chi connectivity index (χ1) is 30.7. The minimum Gasteiger partial charge on any atom is -0.358 e. The van der Waals surface area contributed by atoms with Crippen molar-refractivity contribution in [3.8, 4) is 34.2 Å². The van der Waals surface area contributed by atoms with Gasteiger partial charge in [-0.15, -0.1) is 0 Å². The Morgan fingerprint density at radius 3 is 0.683 bits per heavy atom. The fraction of sp³-hybridized carbons (Fsp3) is 0. The van der Waals surface area contributed by atoms with Gasteiger partial charge in [-0.25, -0.2) is 15.0 Å². The summed E-state index contributed by atoms with van der Waals surface area (Å²) in [5, 5.41) is 10.4. The summed E-state index contributed by atoms with van der Waals surface area (Å²) in [5.41, 5.74) is 2.83. The molecule has 0 aliphatic heterocycles. The zero-order chi connectivity index (χ0) is 41.6. The average molecular weight is 841 g/mol. The molecule has 10 aromatic rings. The van der Waals surface area contributed by atoms with Gasteiger partial charge in [0.1, 0.15) is 0 Å². The highest BCUT2D eigenvalue weighted by atomic mass is 28.3. The van der Waals surface area contributed by atoms with Crippen LogP contribution in [0.1, 0.15) is 0 Å². The maximum absolute atomic E-state index is 5.39. The number of rotatable bonds is 11. The molecule has 0 saturated carbocycles. The molecule has 302 valence electrons. The molecule has 1 aromatic heterocycles. The van der Waals surface area contributed by atoms with Gasteiger partial charge in [0.25, 0.3) is 0 Å². The monoisotopic (exact) mass is 840 g/mol. The average Bonchev–Trinajstić information content (AvgIpc) is 3.37. The number of hydrogen-bond donors (Lipinski definition) is 0. The van der Waals surface area contributed by atoms with Crippen molar-refractivity contribution in [2.75, 3.05) is 0 Å². The fourth-order valence-electron chi connectivity index (χ4n) is 9.26. The molecular formula is C58H46N3Si2-. The number of hydrogen-bond acceptors (Lipinski definition) is 3. The van der Waals surface area contributed by atoms with Gasteiger partial charge in [0.15, 0.2) is 33.6 Å². The molecule has 3 nitrogen and oxygen atoms in total. The van der Waals surface area contributed by atoms with E-state index >= 15 is 0 Å². The second-order valence-corrected chi connectivity index (χ2v) is 23.1. The lowest BCUT2D eigenvalue weighted by atomic mass is 10.1. The van der Waals surface area contributed by atoms with E-state index in [1.807, 2.05) is 18.2 Å². The van der Waals surface area contributed by atoms with Crippen LogP contribution in [0, 0.1) is 7.43 Å². The van der Waals surface area contributed by atoms with E-state index < -0.39 is 16.1 Å². The predicted molar refractivity (Wildman–Crippen MR) is 270 cm³/mol. The van der Waals surface area contributed by atoms with Crippen LogP contribution in [0.15, 0.2) is 261 Å². The molecule has 0 saturated heterocycles. The predicted octanol–water partition coefficient (Wildman–Crippen LogP) is 8.08. The van der Waals surface area contributed by atoms with Gasteiger partial charge in [-0.3, -0.25) is 0 Å². The minimum absolute atomic E-state index is 0. The van der Waals surface area contributed by atoms with Gasteiger partial charge in [-0.1, -0.05) is 261 Å². The maximum Gasteiger partial charge on any atom is 0.179 e. The SMILES string of the molecule is [CH3-].c1ccc(-c2nc(-c3cccc([Si](c4ccccc4)(c4ccccc4)c4ccccc4)c3)nc(-c3cccc([Si](c4ccccc4)(c4ccccc4)c4ccccc4)c3)n2)cc1. The molecule has 1 heterocycles. The molecule has 0 unspecified atom stereocenters. The highest BCUT2D eigenvalue weighted by Crippen LogP contribution is 2.25. The van der Waals surface area contributed by atoms with Gasteiger partial charge in [-0.05, 0) is 41.5 Å². The van der Waals surface area contributed by atoms with E-state index in [4.69, 9.17) is 15.0 Å². The summed E-state index contributed by atoms with van der Waals surface area (Å²) in [7, 11) is -5.62. The molecule has 0 amide bonds. The van der Waals surface area contributed by atoms with E-state index in [2.05, 4.69) is 243 Å². The van der Waals surface area contributed by atoms with Crippen LogP contribution in [-0.4, -0.2) is 31.1 Å². The van der Waals surface area contributed by atoms with Gasteiger partial charge < -0.3 is 7.43 Å². The Labute approximate surface area is 373 Å². The zero-order valence-electron chi connectivity index (χ0n) is 35.2. The van der Waals surface area contributed by atoms with Crippen LogP contribution in [-0.2, 0) is 0 Å². The lowest BCUT2D eigenvalue weighted by Crippen LogP contribution is -2.74. The second-order valence-electron chi connectivity index (χ2n) is 15.5. The quantitative estimate of drug-likeness (QED) is 0.0752. The third-order valence-corrected chi connectivity index (χ3v) is 21.6. The first-order valence-corrected chi connectivity index (χ1v) is 25.1. The van der Waals surface area contributed by atoms with E-state index in [1.54, 1.807) is 0 Å². The Bertz CT molecular complexity index is 2660. The largest absolute Gasteiger partial charge is 0.358 e. The summed E-state index contributed by atoms with van der Waals surface area (Å²) >= 11 is 0. The molecule has 0 atom stereocenters. The molecule has 10 rings (SSSR count). The minimum atomic E-state index is -2.81. The summed E-state index contributed by atoms with van der Waals surface area (Å²) in [5.74, 6) is 1.91. The molecular weight excluding hydrogens is 795 g/mol. The lowest BCUT2D eigenvalue weighted by molar-refractivity contribution is 1.07. The van der Waals surface area contributed by atoms with Crippen LogP contribution in [0.3, 0.4) is 0 Å². The molecule has 0 aliphatic carbocycles. The van der Waals surface area contributed by atoms with Crippen molar-refractivity contribution in [2.45, 2.75) is 0 Å². The molecule has 63 heavy (non-hydrogen) atoms. The van der Waals surface area contributed by atoms with Gasteiger partial charge in [-0.2, -0.15) is 0 Å². The van der Waals surface area contributed by atoms with Crippen LogP contribution in [0.5, 0.6) is 0 Å². The molecule has 9 aromatic carbocycles. The van der Waals surface area contributed by atoms with E-state index in [0.29, 0.717) is 17.5 Å². The summed E-state index contributed by atoms with van der Waals surface area (Å²) in [6.45, 7) is 0. The molecule has 0 spiro atoms. The first kappa shape index (κ1) is 40.8. The molecule has 0 bridgehead atoms. The molecule has 0 aliphatic rings. The smallest absolute Gasteiger partial charge is 0.179 e. The Hall–Kier alpha value is -7.58. The van der Waals surface area contributed by atoms with Gasteiger partial charge in [0.2, 0.25) is 0 Å². The van der Waals surface area contributed by atoms with Crippen molar-refractivity contribution >= 4 is 57.6 Å². The Kier molecular flexibility index (Phi) is 11.8.